The lowest BCUT2D eigenvalue weighted by Gasteiger charge is -2.35. The van der Waals surface area contributed by atoms with Gasteiger partial charge in [-0.2, -0.15) is 9.40 Å². The number of ether oxygens (including phenoxy) is 1. The molecule has 0 radical (unpaired) electrons. The van der Waals surface area contributed by atoms with Crippen LogP contribution in [0.3, 0.4) is 0 Å². The van der Waals surface area contributed by atoms with Gasteiger partial charge in [-0.15, -0.1) is 0 Å². The number of aryl methyl sites for hydroxylation is 1. The molecular weight excluding hydrogens is 256 g/mol. The molecule has 2 rings (SSSR count). The highest BCUT2D eigenvalue weighted by Crippen LogP contribution is 2.20. The molecule has 2 N–H and O–H groups in total. The molecule has 1 aliphatic heterocycles. The highest BCUT2D eigenvalue weighted by Gasteiger charge is 2.33. The van der Waals surface area contributed by atoms with E-state index in [4.69, 9.17) is 10.5 Å². The molecule has 0 aliphatic carbocycles. The lowest BCUT2D eigenvalue weighted by Crippen LogP contribution is -2.51. The molecule has 102 valence electrons. The van der Waals surface area contributed by atoms with Gasteiger partial charge in [0.15, 0.2) is 0 Å². The molecule has 1 aromatic rings. The average Bonchev–Trinajstić information content (AvgIpc) is 2.75. The van der Waals surface area contributed by atoms with E-state index >= 15 is 0 Å². The summed E-state index contributed by atoms with van der Waals surface area (Å²) in [7, 11) is -1.82. The molecule has 0 aromatic carbocycles. The van der Waals surface area contributed by atoms with Crippen LogP contribution in [0.25, 0.3) is 0 Å². The van der Waals surface area contributed by atoms with Crippen molar-refractivity contribution in [2.45, 2.75) is 24.0 Å². The van der Waals surface area contributed by atoms with Gasteiger partial charge in [0, 0.05) is 32.9 Å². The van der Waals surface area contributed by atoms with Gasteiger partial charge >= 0.3 is 0 Å². The van der Waals surface area contributed by atoms with E-state index in [-0.39, 0.29) is 23.6 Å². The summed E-state index contributed by atoms with van der Waals surface area (Å²) in [5.74, 6) is 0. The molecule has 18 heavy (non-hydrogen) atoms. The van der Waals surface area contributed by atoms with E-state index in [1.165, 1.54) is 21.4 Å². The van der Waals surface area contributed by atoms with Crippen LogP contribution in [0, 0.1) is 0 Å². The van der Waals surface area contributed by atoms with Crippen LogP contribution in [-0.2, 0) is 21.8 Å². The molecule has 0 amide bonds. The number of morpholine rings is 1. The summed E-state index contributed by atoms with van der Waals surface area (Å²) in [4.78, 5) is 0.204. The minimum absolute atomic E-state index is 0.154. The molecule has 0 spiro atoms. The van der Waals surface area contributed by atoms with Crippen LogP contribution in [0.5, 0.6) is 0 Å². The van der Waals surface area contributed by atoms with E-state index in [1.54, 1.807) is 7.05 Å². The van der Waals surface area contributed by atoms with Gasteiger partial charge in [-0.05, 0) is 6.92 Å². The Hall–Kier alpha value is -0.960. The first-order valence-electron chi connectivity index (χ1n) is 5.78. The fourth-order valence-corrected chi connectivity index (χ4v) is 3.54. The molecule has 2 atom stereocenters. The molecule has 0 bridgehead atoms. The monoisotopic (exact) mass is 274 g/mol. The predicted molar refractivity (Wildman–Crippen MR) is 65.4 cm³/mol. The topological polar surface area (TPSA) is 90.5 Å². The minimum atomic E-state index is -3.50. The fraction of sp³-hybridized carbons (Fsp3) is 0.700. The maximum absolute atomic E-state index is 12.4. The van der Waals surface area contributed by atoms with E-state index < -0.39 is 10.0 Å². The summed E-state index contributed by atoms with van der Waals surface area (Å²) in [5.41, 5.74) is 5.55. The number of hydrogen-bond acceptors (Lipinski definition) is 5. The van der Waals surface area contributed by atoms with Gasteiger partial charge in [0.2, 0.25) is 10.0 Å². The third kappa shape index (κ3) is 2.56. The molecule has 2 unspecified atom stereocenters. The molecule has 0 saturated carbocycles. The van der Waals surface area contributed by atoms with Crippen molar-refractivity contribution in [3.63, 3.8) is 0 Å². The molecule has 2 heterocycles. The zero-order valence-electron chi connectivity index (χ0n) is 10.5. The van der Waals surface area contributed by atoms with E-state index in [1.807, 2.05) is 6.92 Å². The summed E-state index contributed by atoms with van der Waals surface area (Å²) >= 11 is 0. The van der Waals surface area contributed by atoms with Gasteiger partial charge in [-0.1, -0.05) is 0 Å². The highest BCUT2D eigenvalue weighted by molar-refractivity contribution is 7.89. The molecule has 1 fully saturated rings. The lowest BCUT2D eigenvalue weighted by atomic mass is 10.2. The van der Waals surface area contributed by atoms with Gasteiger partial charge in [0.05, 0.1) is 18.4 Å². The Kier molecular flexibility index (Phi) is 3.71. The molecule has 1 aromatic heterocycles. The zero-order valence-corrected chi connectivity index (χ0v) is 11.3. The first-order valence-corrected chi connectivity index (χ1v) is 7.22. The summed E-state index contributed by atoms with van der Waals surface area (Å²) in [6, 6.07) is 0. The molecule has 1 saturated heterocycles. The fourth-order valence-electron chi connectivity index (χ4n) is 2.01. The number of nitrogens with zero attached hydrogens (tertiary/aromatic N) is 3. The van der Waals surface area contributed by atoms with Crippen LogP contribution < -0.4 is 5.73 Å². The molecule has 1 aliphatic rings. The summed E-state index contributed by atoms with van der Waals surface area (Å²) in [6.07, 6.45) is 2.44. The van der Waals surface area contributed by atoms with Gasteiger partial charge in [0.1, 0.15) is 4.90 Å². The van der Waals surface area contributed by atoms with Crippen LogP contribution in [-0.4, -0.2) is 54.3 Å². The van der Waals surface area contributed by atoms with Crippen molar-refractivity contribution in [2.75, 3.05) is 19.6 Å². The molecule has 8 heteroatoms. The second kappa shape index (κ2) is 4.96. The third-order valence-electron chi connectivity index (χ3n) is 2.87. The number of aromatic nitrogens is 2. The Labute approximate surface area is 107 Å². The third-order valence-corrected chi connectivity index (χ3v) is 4.66. The Bertz CT molecular complexity index is 513. The number of nitrogens with two attached hydrogens (primary N) is 1. The second-order valence-corrected chi connectivity index (χ2v) is 6.41. The van der Waals surface area contributed by atoms with Crippen molar-refractivity contribution in [3.8, 4) is 0 Å². The zero-order chi connectivity index (χ0) is 13.3. The second-order valence-electron chi connectivity index (χ2n) is 4.48. The summed E-state index contributed by atoms with van der Waals surface area (Å²) in [6.45, 7) is 2.78. The lowest BCUT2D eigenvalue weighted by molar-refractivity contribution is -0.0486. The van der Waals surface area contributed by atoms with Crippen LogP contribution in [0.2, 0.25) is 0 Å². The van der Waals surface area contributed by atoms with Crippen LogP contribution >= 0.6 is 0 Å². The van der Waals surface area contributed by atoms with Crippen molar-refractivity contribution >= 4 is 10.0 Å². The van der Waals surface area contributed by atoms with Gasteiger partial charge < -0.3 is 10.5 Å². The summed E-state index contributed by atoms with van der Waals surface area (Å²) < 4.78 is 33.2. The average molecular weight is 274 g/mol. The normalized spacial score (nSPS) is 26.4. The first-order chi connectivity index (χ1) is 8.43. The van der Waals surface area contributed by atoms with Crippen LogP contribution in [0.15, 0.2) is 17.3 Å². The number of sulfonamides is 1. The standard InChI is InChI=1S/C10H18N4O3S/c1-8-5-14(6-9(3-11)17-8)18(15,16)10-4-12-13(2)7-10/h4,7-9H,3,5-6,11H2,1-2H3. The van der Waals surface area contributed by atoms with Crippen molar-refractivity contribution < 1.29 is 13.2 Å². The van der Waals surface area contributed by atoms with Gasteiger partial charge in [-0.3, -0.25) is 4.68 Å². The number of hydrogen-bond donors (Lipinski definition) is 1. The maximum Gasteiger partial charge on any atom is 0.246 e. The van der Waals surface area contributed by atoms with Gasteiger partial charge in [-0.25, -0.2) is 8.42 Å². The van der Waals surface area contributed by atoms with E-state index in [0.29, 0.717) is 13.1 Å². The van der Waals surface area contributed by atoms with Crippen LogP contribution in [0.1, 0.15) is 6.92 Å². The molecular formula is C10H18N4O3S. The van der Waals surface area contributed by atoms with E-state index in [0.717, 1.165) is 0 Å². The summed E-state index contributed by atoms with van der Waals surface area (Å²) in [5, 5.41) is 3.89. The Morgan fingerprint density at radius 3 is 2.83 bits per heavy atom. The minimum Gasteiger partial charge on any atom is -0.371 e. The first kappa shape index (κ1) is 13.5. The SMILES string of the molecule is CC1CN(S(=O)(=O)c2cnn(C)c2)CC(CN)O1. The highest BCUT2D eigenvalue weighted by atomic mass is 32.2. The maximum atomic E-state index is 12.4. The van der Waals surface area contributed by atoms with Crippen molar-refractivity contribution in [1.29, 1.82) is 0 Å². The van der Waals surface area contributed by atoms with E-state index in [2.05, 4.69) is 5.10 Å². The Morgan fingerprint density at radius 2 is 2.28 bits per heavy atom. The predicted octanol–water partition coefficient (Wildman–Crippen LogP) is -0.843. The Balaban J connectivity index is 2.24. The van der Waals surface area contributed by atoms with Crippen molar-refractivity contribution in [1.82, 2.24) is 14.1 Å². The van der Waals surface area contributed by atoms with E-state index in [9.17, 15) is 8.42 Å². The van der Waals surface area contributed by atoms with Crippen molar-refractivity contribution in [3.05, 3.63) is 12.4 Å². The number of rotatable bonds is 3. The quantitative estimate of drug-likeness (QED) is 0.776. The van der Waals surface area contributed by atoms with Crippen LogP contribution in [0.4, 0.5) is 0 Å². The smallest absolute Gasteiger partial charge is 0.246 e. The van der Waals surface area contributed by atoms with Crippen molar-refractivity contribution in [2.24, 2.45) is 12.8 Å². The van der Waals surface area contributed by atoms with Gasteiger partial charge in [0.25, 0.3) is 0 Å². The largest absolute Gasteiger partial charge is 0.371 e. The Morgan fingerprint density at radius 1 is 1.56 bits per heavy atom. The molecule has 7 nitrogen and oxygen atoms in total.